The molecule has 1 fully saturated rings. The molecule has 1 aromatic carbocycles. The second-order valence-corrected chi connectivity index (χ2v) is 9.06. The van der Waals surface area contributed by atoms with Gasteiger partial charge in [-0.25, -0.2) is 15.0 Å². The van der Waals surface area contributed by atoms with E-state index < -0.39 is 5.91 Å². The van der Waals surface area contributed by atoms with Crippen LogP contribution in [0.3, 0.4) is 0 Å². The molecule has 2 amide bonds. The SMILES string of the molecule is O=C(NC1COC1)c1cnc(Cl)nc1Oc1cnc2c(ccc3sc4c(c32)NCCNC4=O)n1. The minimum atomic E-state index is -0.402. The molecule has 4 aromatic rings. The Hall–Kier alpha value is -3.61. The van der Waals surface area contributed by atoms with Gasteiger partial charge in [-0.1, -0.05) is 0 Å². The van der Waals surface area contributed by atoms with Gasteiger partial charge in [0.25, 0.3) is 11.8 Å². The molecule has 0 radical (unpaired) electrons. The Bertz CT molecular complexity index is 1470. The molecule has 0 spiro atoms. The summed E-state index contributed by atoms with van der Waals surface area (Å²) < 4.78 is 11.8. The largest absolute Gasteiger partial charge is 0.418 e. The number of aromatic nitrogens is 4. The number of nitrogens with zero attached hydrogens (tertiary/aromatic N) is 4. The Morgan fingerprint density at radius 1 is 1.18 bits per heavy atom. The van der Waals surface area contributed by atoms with Crippen LogP contribution < -0.4 is 20.7 Å². The summed E-state index contributed by atoms with van der Waals surface area (Å²) in [6.45, 7) is 2.05. The predicted octanol–water partition coefficient (Wildman–Crippen LogP) is 2.36. The number of carbonyl (C=O) groups is 2. The number of ether oxygens (including phenoxy) is 2. The highest BCUT2D eigenvalue weighted by atomic mass is 35.5. The zero-order chi connectivity index (χ0) is 23.2. The summed E-state index contributed by atoms with van der Waals surface area (Å²) in [5.41, 5.74) is 2.07. The number of thiophene rings is 1. The van der Waals surface area contributed by atoms with E-state index in [2.05, 4.69) is 35.9 Å². The molecule has 0 unspecified atom stereocenters. The maximum absolute atomic E-state index is 12.6. The fourth-order valence-electron chi connectivity index (χ4n) is 3.73. The average molecular weight is 498 g/mol. The summed E-state index contributed by atoms with van der Waals surface area (Å²) in [5.74, 6) is -0.409. The molecule has 13 heteroatoms. The maximum Gasteiger partial charge on any atom is 0.263 e. The Morgan fingerprint density at radius 3 is 2.85 bits per heavy atom. The van der Waals surface area contributed by atoms with Gasteiger partial charge in [-0.3, -0.25) is 9.59 Å². The zero-order valence-electron chi connectivity index (χ0n) is 17.4. The zero-order valence-corrected chi connectivity index (χ0v) is 19.0. The highest BCUT2D eigenvalue weighted by Crippen LogP contribution is 2.40. The van der Waals surface area contributed by atoms with Crippen molar-refractivity contribution >= 4 is 61.6 Å². The number of fused-ring (bicyclic) bond motifs is 5. The summed E-state index contributed by atoms with van der Waals surface area (Å²) in [6, 6.07) is 3.63. The number of rotatable bonds is 4. The molecular formula is C21H16ClN7O4S. The van der Waals surface area contributed by atoms with E-state index in [0.29, 0.717) is 42.2 Å². The van der Waals surface area contributed by atoms with Crippen LogP contribution in [-0.4, -0.2) is 64.1 Å². The van der Waals surface area contributed by atoms with Gasteiger partial charge in [0.05, 0.1) is 42.2 Å². The van der Waals surface area contributed by atoms with Gasteiger partial charge in [0.15, 0.2) is 0 Å². The number of hydrogen-bond donors (Lipinski definition) is 3. The lowest BCUT2D eigenvalue weighted by atomic mass is 10.1. The first-order valence-electron chi connectivity index (χ1n) is 10.4. The first kappa shape index (κ1) is 21.0. The lowest BCUT2D eigenvalue weighted by Gasteiger charge is -2.26. The number of hydrogen-bond acceptors (Lipinski definition) is 10. The monoisotopic (exact) mass is 497 g/mol. The third-order valence-electron chi connectivity index (χ3n) is 5.40. The van der Waals surface area contributed by atoms with Crippen LogP contribution in [0.4, 0.5) is 5.69 Å². The van der Waals surface area contributed by atoms with Crippen LogP contribution in [0, 0.1) is 0 Å². The second kappa shape index (κ2) is 8.31. The Morgan fingerprint density at radius 2 is 2.03 bits per heavy atom. The van der Waals surface area contributed by atoms with Gasteiger partial charge in [-0.2, -0.15) is 4.98 Å². The van der Waals surface area contributed by atoms with Crippen molar-refractivity contribution < 1.29 is 19.1 Å². The molecule has 0 saturated carbocycles. The van der Waals surface area contributed by atoms with Crippen molar-refractivity contribution in [2.75, 3.05) is 31.6 Å². The lowest BCUT2D eigenvalue weighted by molar-refractivity contribution is -0.00351. The molecule has 34 heavy (non-hydrogen) atoms. The standard InChI is InChI=1S/C21H16ClN7O4S/c22-21-26-5-10(18(30)27-9-7-32-8-9)20(29-21)33-13-6-25-15-11(28-13)1-2-12-14(15)16-17(34-12)19(31)24-4-3-23-16/h1-2,5-6,9,23H,3-4,7-8H2,(H,24,31)(H,27,30). The van der Waals surface area contributed by atoms with Crippen LogP contribution in [-0.2, 0) is 4.74 Å². The molecule has 6 rings (SSSR count). The molecule has 0 bridgehead atoms. The molecule has 172 valence electrons. The van der Waals surface area contributed by atoms with Gasteiger partial charge < -0.3 is 25.4 Å². The van der Waals surface area contributed by atoms with Gasteiger partial charge in [0.2, 0.25) is 17.0 Å². The van der Waals surface area contributed by atoms with Crippen LogP contribution in [0.2, 0.25) is 5.28 Å². The Balaban J connectivity index is 1.37. The summed E-state index contributed by atoms with van der Waals surface area (Å²) in [5, 5.41) is 9.78. The number of nitrogens with one attached hydrogen (secondary N) is 3. The maximum atomic E-state index is 12.6. The van der Waals surface area contributed by atoms with E-state index in [1.54, 1.807) is 0 Å². The fourth-order valence-corrected chi connectivity index (χ4v) is 4.96. The summed E-state index contributed by atoms with van der Waals surface area (Å²) in [6.07, 6.45) is 2.74. The predicted molar refractivity (Wildman–Crippen MR) is 125 cm³/mol. The molecule has 0 aliphatic carbocycles. The van der Waals surface area contributed by atoms with E-state index in [1.165, 1.54) is 23.7 Å². The molecule has 5 heterocycles. The van der Waals surface area contributed by atoms with E-state index in [1.807, 2.05) is 12.1 Å². The first-order chi connectivity index (χ1) is 16.6. The van der Waals surface area contributed by atoms with E-state index in [0.717, 1.165) is 15.8 Å². The molecule has 3 aromatic heterocycles. The van der Waals surface area contributed by atoms with Crippen molar-refractivity contribution in [3.05, 3.63) is 40.3 Å². The van der Waals surface area contributed by atoms with Crippen molar-refractivity contribution in [1.82, 2.24) is 30.6 Å². The smallest absolute Gasteiger partial charge is 0.263 e. The molecule has 1 saturated heterocycles. The summed E-state index contributed by atoms with van der Waals surface area (Å²) >= 11 is 7.35. The number of carbonyl (C=O) groups excluding carboxylic acids is 2. The molecule has 2 aliphatic heterocycles. The van der Waals surface area contributed by atoms with Crippen LogP contribution in [0.1, 0.15) is 20.0 Å². The quantitative estimate of drug-likeness (QED) is 0.362. The number of benzene rings is 1. The van der Waals surface area contributed by atoms with Crippen LogP contribution in [0.25, 0.3) is 21.1 Å². The van der Waals surface area contributed by atoms with Crippen molar-refractivity contribution in [3.8, 4) is 11.8 Å². The van der Waals surface area contributed by atoms with E-state index >= 15 is 0 Å². The highest BCUT2D eigenvalue weighted by molar-refractivity contribution is 7.21. The first-order valence-corrected chi connectivity index (χ1v) is 11.6. The van der Waals surface area contributed by atoms with E-state index in [-0.39, 0.29) is 34.6 Å². The molecule has 2 aliphatic rings. The van der Waals surface area contributed by atoms with E-state index in [9.17, 15) is 9.59 Å². The normalized spacial score (nSPS) is 15.7. The lowest BCUT2D eigenvalue weighted by Crippen LogP contribution is -2.48. The topological polar surface area (TPSA) is 140 Å². The Kier molecular flexibility index (Phi) is 5.12. The highest BCUT2D eigenvalue weighted by Gasteiger charge is 2.25. The minimum Gasteiger partial charge on any atom is -0.418 e. The van der Waals surface area contributed by atoms with Gasteiger partial charge in [0, 0.05) is 29.4 Å². The third kappa shape index (κ3) is 3.65. The van der Waals surface area contributed by atoms with Crippen molar-refractivity contribution in [1.29, 1.82) is 0 Å². The molecule has 11 nitrogen and oxygen atoms in total. The summed E-state index contributed by atoms with van der Waals surface area (Å²) in [7, 11) is 0. The van der Waals surface area contributed by atoms with Crippen LogP contribution >= 0.6 is 22.9 Å². The van der Waals surface area contributed by atoms with Gasteiger partial charge in [0.1, 0.15) is 10.4 Å². The molecule has 3 N–H and O–H groups in total. The molecule has 0 atom stereocenters. The Labute approximate surface area is 200 Å². The van der Waals surface area contributed by atoms with Crippen molar-refractivity contribution in [3.63, 3.8) is 0 Å². The third-order valence-corrected chi connectivity index (χ3v) is 6.74. The number of amides is 2. The van der Waals surface area contributed by atoms with Gasteiger partial charge in [-0.05, 0) is 23.7 Å². The fraction of sp³-hybridized carbons (Fsp3) is 0.238. The second-order valence-electron chi connectivity index (χ2n) is 7.67. The van der Waals surface area contributed by atoms with Crippen LogP contribution in [0.5, 0.6) is 11.8 Å². The number of anilines is 1. The van der Waals surface area contributed by atoms with E-state index in [4.69, 9.17) is 21.1 Å². The average Bonchev–Trinajstić information content (AvgIpc) is 3.08. The van der Waals surface area contributed by atoms with Crippen LogP contribution in [0.15, 0.2) is 24.5 Å². The van der Waals surface area contributed by atoms with Gasteiger partial charge in [-0.15, -0.1) is 11.3 Å². The van der Waals surface area contributed by atoms with Gasteiger partial charge >= 0.3 is 0 Å². The van der Waals surface area contributed by atoms with Crippen molar-refractivity contribution in [2.24, 2.45) is 0 Å². The van der Waals surface area contributed by atoms with Crippen molar-refractivity contribution in [2.45, 2.75) is 6.04 Å². The summed E-state index contributed by atoms with van der Waals surface area (Å²) in [4.78, 5) is 42.7. The number of halogens is 1. The molecular weight excluding hydrogens is 482 g/mol. The minimum absolute atomic E-state index is 0.0322.